The zero-order valence-corrected chi connectivity index (χ0v) is 6.85. The van der Waals surface area contributed by atoms with Crippen molar-refractivity contribution in [3.63, 3.8) is 0 Å². The zero-order valence-electron chi connectivity index (χ0n) is 6.03. The van der Waals surface area contributed by atoms with Crippen molar-refractivity contribution in [2.45, 2.75) is 0 Å². The van der Waals surface area contributed by atoms with Gasteiger partial charge in [0.1, 0.15) is 10.2 Å². The Morgan fingerprint density at radius 3 is 3.27 bits per heavy atom. The summed E-state index contributed by atoms with van der Waals surface area (Å²) in [7, 11) is 1.91. The summed E-state index contributed by atoms with van der Waals surface area (Å²) in [5.41, 5.74) is 1.86. The Hall–Kier alpha value is -1.16. The van der Waals surface area contributed by atoms with E-state index in [4.69, 9.17) is 12.2 Å². The zero-order chi connectivity index (χ0) is 7.84. The fraction of sp³-hybridized carbons (Fsp3) is 0.143. The van der Waals surface area contributed by atoms with Crippen LogP contribution < -0.4 is 0 Å². The third-order valence-corrected chi connectivity index (χ3v) is 2.14. The normalized spacial score (nSPS) is 10.6. The van der Waals surface area contributed by atoms with E-state index in [0.29, 0.717) is 0 Å². The number of pyridine rings is 1. The number of nitrogens with zero attached hydrogens (tertiary/aromatic N) is 2. The van der Waals surface area contributed by atoms with E-state index in [-0.39, 0.29) is 0 Å². The highest BCUT2D eigenvalue weighted by molar-refractivity contribution is 7.71. The molecular weight excluding hydrogens is 158 g/mol. The van der Waals surface area contributed by atoms with E-state index in [9.17, 15) is 0 Å². The van der Waals surface area contributed by atoms with Crippen molar-refractivity contribution in [3.05, 3.63) is 23.2 Å². The third-order valence-electron chi connectivity index (χ3n) is 1.66. The Morgan fingerprint density at radius 2 is 2.45 bits per heavy atom. The fourth-order valence-corrected chi connectivity index (χ4v) is 1.25. The molecule has 2 rings (SSSR count). The molecule has 0 saturated heterocycles. The van der Waals surface area contributed by atoms with E-state index < -0.39 is 0 Å². The van der Waals surface area contributed by atoms with Crippen LogP contribution in [0.2, 0.25) is 0 Å². The average Bonchev–Trinajstić information content (AvgIpc) is 2.45. The first kappa shape index (κ1) is 6.54. The second-order valence-corrected chi connectivity index (χ2v) is 2.78. The van der Waals surface area contributed by atoms with Gasteiger partial charge < -0.3 is 9.55 Å². The molecule has 0 aromatic carbocycles. The second kappa shape index (κ2) is 2.17. The summed E-state index contributed by atoms with van der Waals surface area (Å²) in [6, 6.07) is 1.96. The van der Waals surface area contributed by atoms with Crippen LogP contribution in [0.4, 0.5) is 0 Å². The van der Waals surface area contributed by atoms with Crippen LogP contribution in [-0.2, 0) is 7.05 Å². The molecule has 0 unspecified atom stereocenters. The van der Waals surface area contributed by atoms with Crippen molar-refractivity contribution in [2.24, 2.45) is 7.05 Å². The number of aromatic nitrogens is 3. The lowest BCUT2D eigenvalue weighted by atomic mass is 10.4. The van der Waals surface area contributed by atoms with Crippen molar-refractivity contribution in [1.82, 2.24) is 14.5 Å². The predicted octanol–water partition coefficient (Wildman–Crippen LogP) is 1.63. The molecule has 0 atom stereocenters. The van der Waals surface area contributed by atoms with Crippen LogP contribution in [0.1, 0.15) is 0 Å². The van der Waals surface area contributed by atoms with Gasteiger partial charge in [0.25, 0.3) is 0 Å². The Balaban J connectivity index is 3.05. The van der Waals surface area contributed by atoms with Crippen LogP contribution in [0.15, 0.2) is 18.6 Å². The highest BCUT2D eigenvalue weighted by Crippen LogP contribution is 2.08. The topological polar surface area (TPSA) is 33.6 Å². The first-order chi connectivity index (χ1) is 5.29. The van der Waals surface area contributed by atoms with Gasteiger partial charge in [-0.1, -0.05) is 12.2 Å². The molecule has 0 saturated carbocycles. The molecule has 0 fully saturated rings. The molecule has 1 N–H and O–H groups in total. The van der Waals surface area contributed by atoms with Crippen molar-refractivity contribution in [3.8, 4) is 0 Å². The molecule has 0 radical (unpaired) electrons. The minimum Gasteiger partial charge on any atom is -0.344 e. The molecule has 0 aliphatic rings. The minimum atomic E-state index is 0.767. The van der Waals surface area contributed by atoms with Crippen molar-refractivity contribution >= 4 is 23.3 Å². The molecule has 4 heteroatoms. The summed E-state index contributed by atoms with van der Waals surface area (Å²) in [6.07, 6.45) is 3.57. The number of hydrogen-bond acceptors (Lipinski definition) is 2. The van der Waals surface area contributed by atoms with Gasteiger partial charge >= 0.3 is 0 Å². The second-order valence-electron chi connectivity index (χ2n) is 2.40. The summed E-state index contributed by atoms with van der Waals surface area (Å²) in [6.45, 7) is 0. The quantitative estimate of drug-likeness (QED) is 0.602. The van der Waals surface area contributed by atoms with Gasteiger partial charge in [0.15, 0.2) is 0 Å². The van der Waals surface area contributed by atoms with Gasteiger partial charge in [0.2, 0.25) is 0 Å². The lowest BCUT2D eigenvalue weighted by Gasteiger charge is -1.95. The number of nitrogens with one attached hydrogen (secondary N) is 1. The van der Waals surface area contributed by atoms with Crippen molar-refractivity contribution in [1.29, 1.82) is 0 Å². The Labute approximate surface area is 68.7 Å². The maximum absolute atomic E-state index is 5.13. The molecule has 2 aromatic heterocycles. The van der Waals surface area contributed by atoms with Gasteiger partial charge in [0, 0.05) is 13.2 Å². The Kier molecular flexibility index (Phi) is 1.29. The number of hydrogen-bond donors (Lipinski definition) is 1. The molecule has 56 valence electrons. The lowest BCUT2D eigenvalue weighted by molar-refractivity contribution is 0.896. The molecule has 0 aliphatic carbocycles. The Morgan fingerprint density at radius 1 is 1.64 bits per heavy atom. The minimum absolute atomic E-state index is 0.767. The first-order valence-electron chi connectivity index (χ1n) is 3.28. The van der Waals surface area contributed by atoms with Crippen LogP contribution in [0.3, 0.4) is 0 Å². The number of imidazole rings is 1. The number of fused-ring (bicyclic) bond motifs is 1. The van der Waals surface area contributed by atoms with Crippen LogP contribution in [0.5, 0.6) is 0 Å². The predicted molar refractivity (Wildman–Crippen MR) is 45.9 cm³/mol. The standard InChI is InChI=1S/C7H7N3S/c1-10-3-2-5-6(7(10)11)9-4-8-5/h2-4H,1H3,(H,8,9). The Bertz CT molecular complexity index is 440. The monoisotopic (exact) mass is 165 g/mol. The number of aromatic amines is 1. The first-order valence-corrected chi connectivity index (χ1v) is 3.68. The van der Waals surface area contributed by atoms with Gasteiger partial charge in [-0.05, 0) is 6.07 Å². The molecule has 0 spiro atoms. The maximum atomic E-state index is 5.13. The largest absolute Gasteiger partial charge is 0.344 e. The number of H-pyrrole nitrogens is 1. The van der Waals surface area contributed by atoms with Crippen molar-refractivity contribution in [2.75, 3.05) is 0 Å². The summed E-state index contributed by atoms with van der Waals surface area (Å²) in [5, 5.41) is 0. The van der Waals surface area contributed by atoms with Crippen molar-refractivity contribution < 1.29 is 0 Å². The summed E-state index contributed by atoms with van der Waals surface area (Å²) < 4.78 is 2.64. The summed E-state index contributed by atoms with van der Waals surface area (Å²) >= 11 is 5.13. The smallest absolute Gasteiger partial charge is 0.133 e. The molecule has 0 aliphatic heterocycles. The lowest BCUT2D eigenvalue weighted by Crippen LogP contribution is -1.90. The van der Waals surface area contributed by atoms with Gasteiger partial charge in [-0.25, -0.2) is 4.98 Å². The summed E-state index contributed by atoms with van der Waals surface area (Å²) in [4.78, 5) is 7.10. The molecule has 2 aromatic rings. The molecule has 2 heterocycles. The molecular formula is C7H7N3S. The fourth-order valence-electron chi connectivity index (χ4n) is 1.02. The molecule has 0 bridgehead atoms. The van der Waals surface area contributed by atoms with E-state index in [1.54, 1.807) is 6.33 Å². The van der Waals surface area contributed by atoms with E-state index in [2.05, 4.69) is 9.97 Å². The van der Waals surface area contributed by atoms with E-state index >= 15 is 0 Å². The SMILES string of the molecule is Cn1ccc2[nH]cnc2c1=S. The number of rotatable bonds is 0. The molecule has 0 amide bonds. The highest BCUT2D eigenvalue weighted by atomic mass is 32.1. The van der Waals surface area contributed by atoms with Crippen LogP contribution in [-0.4, -0.2) is 14.5 Å². The van der Waals surface area contributed by atoms with Gasteiger partial charge in [-0.2, -0.15) is 0 Å². The van der Waals surface area contributed by atoms with Crippen LogP contribution in [0.25, 0.3) is 11.0 Å². The van der Waals surface area contributed by atoms with Gasteiger partial charge in [-0.15, -0.1) is 0 Å². The van der Waals surface area contributed by atoms with Crippen LogP contribution in [0, 0.1) is 4.64 Å². The van der Waals surface area contributed by atoms with Gasteiger partial charge in [-0.3, -0.25) is 0 Å². The molecule has 3 nitrogen and oxygen atoms in total. The van der Waals surface area contributed by atoms with Crippen LogP contribution >= 0.6 is 12.2 Å². The highest BCUT2D eigenvalue weighted by Gasteiger charge is 1.96. The summed E-state index contributed by atoms with van der Waals surface area (Å²) in [5.74, 6) is 0. The average molecular weight is 165 g/mol. The van der Waals surface area contributed by atoms with Gasteiger partial charge in [0.05, 0.1) is 11.8 Å². The molecule has 11 heavy (non-hydrogen) atoms. The number of aryl methyl sites for hydroxylation is 1. The van der Waals surface area contributed by atoms with E-state index in [1.165, 1.54) is 0 Å². The third kappa shape index (κ3) is 0.867. The maximum Gasteiger partial charge on any atom is 0.133 e. The van der Waals surface area contributed by atoms with E-state index in [1.807, 2.05) is 23.9 Å². The van der Waals surface area contributed by atoms with E-state index in [0.717, 1.165) is 15.7 Å².